The fourth-order valence-electron chi connectivity index (χ4n) is 4.25. The molecule has 2 aromatic heterocycles. The molecule has 0 bridgehead atoms. The second kappa shape index (κ2) is 9.07. The van der Waals surface area contributed by atoms with Gasteiger partial charge in [-0.25, -0.2) is 9.78 Å². The van der Waals surface area contributed by atoms with E-state index in [1.165, 1.54) is 0 Å². The minimum Gasteiger partial charge on any atom is -0.445 e. The Morgan fingerprint density at radius 1 is 1.09 bits per heavy atom. The zero-order valence-electron chi connectivity index (χ0n) is 18.0. The number of piperidine rings is 1. The number of likely N-dealkylation sites (tertiary alicyclic amines) is 1. The largest absolute Gasteiger partial charge is 0.445 e. The van der Waals surface area contributed by atoms with Crippen LogP contribution in [0.2, 0.25) is 0 Å². The number of nitrogens with zero attached hydrogens (tertiary/aromatic N) is 2. The van der Waals surface area contributed by atoms with Crippen LogP contribution < -0.4 is 5.73 Å². The maximum absolute atomic E-state index is 12.9. The van der Waals surface area contributed by atoms with Crippen LogP contribution in [0.4, 0.5) is 4.79 Å². The number of aromatic nitrogens is 2. The van der Waals surface area contributed by atoms with E-state index in [1.54, 1.807) is 23.5 Å². The Morgan fingerprint density at radius 3 is 2.76 bits per heavy atom. The molecule has 3 heterocycles. The van der Waals surface area contributed by atoms with Crippen molar-refractivity contribution in [3.8, 4) is 10.7 Å². The molecule has 0 aliphatic carbocycles. The van der Waals surface area contributed by atoms with Crippen LogP contribution in [0, 0.1) is 0 Å². The number of carbonyl (C=O) groups is 2. The highest BCUT2D eigenvalue weighted by atomic mass is 32.1. The molecule has 4 aromatic rings. The van der Waals surface area contributed by atoms with Crippen molar-refractivity contribution in [2.24, 2.45) is 5.73 Å². The molecule has 1 aliphatic rings. The zero-order chi connectivity index (χ0) is 22.8. The van der Waals surface area contributed by atoms with E-state index in [2.05, 4.69) is 16.0 Å². The van der Waals surface area contributed by atoms with Gasteiger partial charge in [-0.15, -0.1) is 11.3 Å². The topological polar surface area (TPSA) is 101 Å². The van der Waals surface area contributed by atoms with Gasteiger partial charge in [-0.05, 0) is 49.1 Å². The molecule has 0 radical (unpaired) electrons. The predicted octanol–water partition coefficient (Wildman–Crippen LogP) is 5.25. The van der Waals surface area contributed by atoms with Gasteiger partial charge in [-0.1, -0.05) is 36.4 Å². The first-order valence-electron chi connectivity index (χ1n) is 11.0. The predicted molar refractivity (Wildman–Crippen MR) is 128 cm³/mol. The highest BCUT2D eigenvalue weighted by molar-refractivity contribution is 7.15. The van der Waals surface area contributed by atoms with Crippen molar-refractivity contribution in [3.63, 3.8) is 0 Å². The van der Waals surface area contributed by atoms with Crippen molar-refractivity contribution in [2.75, 3.05) is 6.54 Å². The van der Waals surface area contributed by atoms with Gasteiger partial charge in [0, 0.05) is 11.4 Å². The van der Waals surface area contributed by atoms with E-state index in [0.717, 1.165) is 40.1 Å². The van der Waals surface area contributed by atoms with Gasteiger partial charge in [0.25, 0.3) is 5.91 Å². The van der Waals surface area contributed by atoms with Crippen LogP contribution in [0.5, 0.6) is 0 Å². The first kappa shape index (κ1) is 21.2. The Labute approximate surface area is 195 Å². The fraction of sp³-hybridized carbons (Fsp3) is 0.240. The number of primary amides is 1. The van der Waals surface area contributed by atoms with E-state index in [0.29, 0.717) is 23.4 Å². The number of amides is 2. The maximum Gasteiger partial charge on any atom is 0.410 e. The molecular weight excluding hydrogens is 436 g/mol. The third kappa shape index (κ3) is 4.34. The number of fused-ring (bicyclic) bond motifs is 1. The minimum absolute atomic E-state index is 0.0219. The fourth-order valence-corrected chi connectivity index (χ4v) is 5.36. The zero-order valence-corrected chi connectivity index (χ0v) is 18.8. The van der Waals surface area contributed by atoms with Crippen LogP contribution in [0.1, 0.15) is 46.1 Å². The molecule has 2 amide bonds. The summed E-state index contributed by atoms with van der Waals surface area (Å²) >= 11 is 1.60. The summed E-state index contributed by atoms with van der Waals surface area (Å²) in [4.78, 5) is 36.4. The lowest BCUT2D eigenvalue weighted by Crippen LogP contribution is -2.38. The molecule has 0 spiro atoms. The summed E-state index contributed by atoms with van der Waals surface area (Å²) in [5.74, 6) is 0.182. The van der Waals surface area contributed by atoms with Crippen LogP contribution in [0.25, 0.3) is 21.7 Å². The van der Waals surface area contributed by atoms with Crippen molar-refractivity contribution in [2.45, 2.75) is 31.9 Å². The Bertz CT molecular complexity index is 1300. The van der Waals surface area contributed by atoms with E-state index in [-0.39, 0.29) is 18.7 Å². The Kier molecular flexibility index (Phi) is 5.83. The molecule has 1 aliphatic heterocycles. The summed E-state index contributed by atoms with van der Waals surface area (Å²) in [6.45, 7) is 0.942. The van der Waals surface area contributed by atoms with Gasteiger partial charge in [-0.2, -0.15) is 0 Å². The average Bonchev–Trinajstić information content (AvgIpc) is 3.50. The number of carbonyl (C=O) groups excluding carboxylic acids is 2. The molecule has 1 unspecified atom stereocenters. The third-order valence-electron chi connectivity index (χ3n) is 5.91. The number of hydrogen-bond donors (Lipinski definition) is 2. The summed E-state index contributed by atoms with van der Waals surface area (Å²) < 4.78 is 5.62. The molecular formula is C25H24N4O3S. The van der Waals surface area contributed by atoms with Gasteiger partial charge in [0.1, 0.15) is 17.9 Å². The number of rotatable bonds is 5. The molecule has 7 nitrogen and oxygen atoms in total. The van der Waals surface area contributed by atoms with Crippen molar-refractivity contribution >= 4 is 34.4 Å². The Hall–Kier alpha value is -3.65. The van der Waals surface area contributed by atoms with Crippen LogP contribution in [0.3, 0.4) is 0 Å². The van der Waals surface area contributed by atoms with E-state index in [1.807, 2.05) is 47.4 Å². The van der Waals surface area contributed by atoms with Gasteiger partial charge in [0.2, 0.25) is 0 Å². The molecule has 0 saturated carbocycles. The number of thiophene rings is 1. The van der Waals surface area contributed by atoms with Crippen LogP contribution in [-0.4, -0.2) is 33.4 Å². The van der Waals surface area contributed by atoms with Crippen molar-refractivity contribution < 1.29 is 14.3 Å². The number of nitrogens with two attached hydrogens (primary N) is 1. The lowest BCUT2D eigenvalue weighted by atomic mass is 10.0. The Balaban J connectivity index is 1.36. The molecule has 33 heavy (non-hydrogen) atoms. The average molecular weight is 461 g/mol. The maximum atomic E-state index is 12.9. The molecule has 1 saturated heterocycles. The summed E-state index contributed by atoms with van der Waals surface area (Å²) in [6.07, 6.45) is 2.64. The van der Waals surface area contributed by atoms with Crippen LogP contribution in [0.15, 0.2) is 60.7 Å². The molecule has 2 aromatic carbocycles. The lowest BCUT2D eigenvalue weighted by Gasteiger charge is -2.34. The second-order valence-corrected chi connectivity index (χ2v) is 9.21. The van der Waals surface area contributed by atoms with Gasteiger partial charge >= 0.3 is 6.09 Å². The SMILES string of the molecule is NC(=O)c1cccc2[nH]c(-c3ccc(C4CCCCN4C(=O)OCc4ccccc4)s3)nc12. The van der Waals surface area contributed by atoms with Gasteiger partial charge in [0.15, 0.2) is 0 Å². The third-order valence-corrected chi connectivity index (χ3v) is 7.10. The van der Waals surface area contributed by atoms with Crippen molar-refractivity contribution in [1.82, 2.24) is 14.9 Å². The minimum atomic E-state index is -0.502. The number of ether oxygens (including phenoxy) is 1. The molecule has 168 valence electrons. The van der Waals surface area contributed by atoms with Crippen LogP contribution >= 0.6 is 11.3 Å². The molecule has 1 atom stereocenters. The number of H-pyrrole nitrogens is 1. The lowest BCUT2D eigenvalue weighted by molar-refractivity contribution is 0.0687. The molecule has 8 heteroatoms. The van der Waals surface area contributed by atoms with Crippen molar-refractivity contribution in [1.29, 1.82) is 0 Å². The van der Waals surface area contributed by atoms with Gasteiger partial charge in [-0.3, -0.25) is 4.79 Å². The summed E-state index contributed by atoms with van der Waals surface area (Å²) in [7, 11) is 0. The molecule has 1 fully saturated rings. The molecule has 5 rings (SSSR count). The monoisotopic (exact) mass is 460 g/mol. The quantitative estimate of drug-likeness (QED) is 0.424. The summed E-state index contributed by atoms with van der Waals surface area (Å²) in [6, 6.07) is 19.1. The number of hydrogen-bond acceptors (Lipinski definition) is 5. The van der Waals surface area contributed by atoms with E-state index >= 15 is 0 Å². The van der Waals surface area contributed by atoms with E-state index in [4.69, 9.17) is 10.5 Å². The standard InChI is InChI=1S/C25H24N4O3S/c26-23(30)17-9-6-10-18-22(17)28-24(27-18)21-13-12-20(33-21)19-11-4-5-14-29(19)25(31)32-15-16-7-2-1-3-8-16/h1-3,6-10,12-13,19H,4-5,11,14-15H2,(H2,26,30)(H,27,28). The smallest absolute Gasteiger partial charge is 0.410 e. The van der Waals surface area contributed by atoms with Crippen molar-refractivity contribution in [3.05, 3.63) is 76.7 Å². The first-order chi connectivity index (χ1) is 16.1. The highest BCUT2D eigenvalue weighted by Crippen LogP contribution is 2.38. The number of aromatic amines is 1. The normalized spacial score (nSPS) is 16.1. The molecule has 3 N–H and O–H groups in total. The second-order valence-electron chi connectivity index (χ2n) is 8.10. The van der Waals surface area contributed by atoms with E-state index < -0.39 is 5.91 Å². The first-order valence-corrected chi connectivity index (χ1v) is 11.8. The van der Waals surface area contributed by atoms with Gasteiger partial charge < -0.3 is 20.4 Å². The van der Waals surface area contributed by atoms with Crippen LogP contribution in [-0.2, 0) is 11.3 Å². The van der Waals surface area contributed by atoms with Gasteiger partial charge in [0.05, 0.1) is 22.0 Å². The number of imidazole rings is 1. The summed E-state index contributed by atoms with van der Waals surface area (Å²) in [5.41, 5.74) is 8.19. The number of para-hydroxylation sites is 1. The highest BCUT2D eigenvalue weighted by Gasteiger charge is 2.30. The Morgan fingerprint density at radius 2 is 1.94 bits per heavy atom. The summed E-state index contributed by atoms with van der Waals surface area (Å²) in [5, 5.41) is 0. The van der Waals surface area contributed by atoms with E-state index in [9.17, 15) is 9.59 Å². The number of benzene rings is 2. The number of nitrogens with one attached hydrogen (secondary N) is 1.